The van der Waals surface area contributed by atoms with Crippen LogP contribution in [-0.4, -0.2) is 17.6 Å². The third-order valence-corrected chi connectivity index (χ3v) is 2.71. The summed E-state index contributed by atoms with van der Waals surface area (Å²) in [5.74, 6) is 0.842. The molecule has 0 aliphatic carbocycles. The van der Waals surface area contributed by atoms with E-state index in [-0.39, 0.29) is 17.6 Å². The number of ether oxygens (including phenoxy) is 1. The van der Waals surface area contributed by atoms with Crippen LogP contribution in [0, 0.1) is 5.41 Å². The largest absolute Gasteiger partial charge is 0.489 e. The van der Waals surface area contributed by atoms with E-state index in [1.165, 1.54) is 5.56 Å². The summed E-state index contributed by atoms with van der Waals surface area (Å²) < 4.78 is 5.71. The third kappa shape index (κ3) is 4.30. The van der Waals surface area contributed by atoms with Crippen molar-refractivity contribution in [1.82, 2.24) is 10.3 Å². The van der Waals surface area contributed by atoms with Gasteiger partial charge in [-0.2, -0.15) is 0 Å². The van der Waals surface area contributed by atoms with Gasteiger partial charge in [0.2, 0.25) is 0 Å². The van der Waals surface area contributed by atoms with E-state index in [1.807, 2.05) is 20.0 Å². The van der Waals surface area contributed by atoms with Gasteiger partial charge >= 0.3 is 0 Å². The number of aromatic nitrogens is 1. The van der Waals surface area contributed by atoms with E-state index in [1.54, 1.807) is 6.20 Å². The Morgan fingerprint density at radius 2 is 1.94 bits per heavy atom. The molecule has 0 bridgehead atoms. The molecule has 0 aliphatic heterocycles. The van der Waals surface area contributed by atoms with Crippen LogP contribution < -0.4 is 10.1 Å². The van der Waals surface area contributed by atoms with Gasteiger partial charge in [-0.15, -0.1) is 0 Å². The molecule has 0 aliphatic rings. The van der Waals surface area contributed by atoms with Gasteiger partial charge in [0.25, 0.3) is 0 Å². The summed E-state index contributed by atoms with van der Waals surface area (Å²) in [5, 5.41) is 3.52. The summed E-state index contributed by atoms with van der Waals surface area (Å²) in [6, 6.07) is 2.37. The fourth-order valence-electron chi connectivity index (χ4n) is 2.06. The highest BCUT2D eigenvalue weighted by molar-refractivity contribution is 5.27. The number of hydrogen-bond acceptors (Lipinski definition) is 3. The van der Waals surface area contributed by atoms with Gasteiger partial charge < -0.3 is 10.1 Å². The van der Waals surface area contributed by atoms with Gasteiger partial charge in [-0.1, -0.05) is 27.7 Å². The summed E-state index contributed by atoms with van der Waals surface area (Å²) in [6.07, 6.45) is 3.87. The van der Waals surface area contributed by atoms with Crippen LogP contribution in [0.5, 0.6) is 5.75 Å². The van der Waals surface area contributed by atoms with Crippen molar-refractivity contribution in [2.24, 2.45) is 5.41 Å². The second-order valence-electron chi connectivity index (χ2n) is 5.98. The minimum atomic E-state index is 0.147. The minimum absolute atomic E-state index is 0.147. The SMILES string of the molecule is CCNC(c1cncc(OC(C)C)c1)C(C)(C)C. The van der Waals surface area contributed by atoms with E-state index >= 15 is 0 Å². The molecule has 0 saturated heterocycles. The highest BCUT2D eigenvalue weighted by Gasteiger charge is 2.25. The molecule has 1 aromatic heterocycles. The lowest BCUT2D eigenvalue weighted by atomic mass is 9.83. The van der Waals surface area contributed by atoms with Gasteiger partial charge in [-0.3, -0.25) is 4.98 Å². The van der Waals surface area contributed by atoms with Crippen LogP contribution in [0.15, 0.2) is 18.5 Å². The van der Waals surface area contributed by atoms with Gasteiger partial charge in [0.05, 0.1) is 12.3 Å². The minimum Gasteiger partial charge on any atom is -0.489 e. The Morgan fingerprint density at radius 3 is 2.44 bits per heavy atom. The number of nitrogens with zero attached hydrogens (tertiary/aromatic N) is 1. The maximum absolute atomic E-state index is 5.71. The van der Waals surface area contributed by atoms with Gasteiger partial charge in [0, 0.05) is 12.2 Å². The molecule has 1 unspecified atom stereocenters. The Kier molecular flexibility index (Phi) is 5.15. The molecule has 0 radical (unpaired) electrons. The van der Waals surface area contributed by atoms with E-state index in [0.717, 1.165) is 12.3 Å². The first-order valence-corrected chi connectivity index (χ1v) is 6.69. The van der Waals surface area contributed by atoms with Crippen molar-refractivity contribution in [1.29, 1.82) is 0 Å². The predicted molar refractivity (Wildman–Crippen MR) is 75.9 cm³/mol. The van der Waals surface area contributed by atoms with Gasteiger partial charge in [0.1, 0.15) is 5.75 Å². The molecule has 1 aromatic rings. The average molecular weight is 250 g/mol. The topological polar surface area (TPSA) is 34.2 Å². The molecular formula is C15H26N2O. The Balaban J connectivity index is 2.98. The zero-order valence-corrected chi connectivity index (χ0v) is 12.4. The van der Waals surface area contributed by atoms with Gasteiger partial charge in [-0.25, -0.2) is 0 Å². The first-order chi connectivity index (χ1) is 8.34. The van der Waals surface area contributed by atoms with Crippen molar-refractivity contribution in [3.8, 4) is 5.75 Å². The van der Waals surface area contributed by atoms with Crippen LogP contribution in [0.2, 0.25) is 0 Å². The molecule has 102 valence electrons. The molecule has 1 heterocycles. The molecule has 0 saturated carbocycles. The van der Waals surface area contributed by atoms with E-state index in [9.17, 15) is 0 Å². The second kappa shape index (κ2) is 6.19. The fraction of sp³-hybridized carbons (Fsp3) is 0.667. The normalized spacial score (nSPS) is 13.7. The van der Waals surface area contributed by atoms with Crippen LogP contribution in [-0.2, 0) is 0 Å². The number of pyridine rings is 1. The lowest BCUT2D eigenvalue weighted by Crippen LogP contribution is -2.32. The van der Waals surface area contributed by atoms with Crippen molar-refractivity contribution < 1.29 is 4.74 Å². The monoisotopic (exact) mass is 250 g/mol. The average Bonchev–Trinajstić information content (AvgIpc) is 2.23. The Bertz CT molecular complexity index is 369. The molecule has 1 rings (SSSR count). The van der Waals surface area contributed by atoms with Crippen molar-refractivity contribution in [3.63, 3.8) is 0 Å². The molecule has 1 N–H and O–H groups in total. The van der Waals surface area contributed by atoms with Crippen molar-refractivity contribution in [2.45, 2.75) is 53.7 Å². The summed E-state index contributed by atoms with van der Waals surface area (Å²) in [5.41, 5.74) is 1.33. The summed E-state index contributed by atoms with van der Waals surface area (Å²) in [4.78, 5) is 4.29. The summed E-state index contributed by atoms with van der Waals surface area (Å²) in [6.45, 7) is 13.8. The zero-order chi connectivity index (χ0) is 13.8. The first kappa shape index (κ1) is 15.0. The van der Waals surface area contributed by atoms with Gasteiger partial charge in [0.15, 0.2) is 0 Å². The molecule has 0 fully saturated rings. The molecular weight excluding hydrogens is 224 g/mol. The van der Waals surface area contributed by atoms with E-state index < -0.39 is 0 Å². The molecule has 0 amide bonds. The van der Waals surface area contributed by atoms with Crippen molar-refractivity contribution in [2.75, 3.05) is 6.54 Å². The highest BCUT2D eigenvalue weighted by Crippen LogP contribution is 2.33. The lowest BCUT2D eigenvalue weighted by molar-refractivity contribution is 0.238. The van der Waals surface area contributed by atoms with Crippen LogP contribution in [0.4, 0.5) is 0 Å². The molecule has 18 heavy (non-hydrogen) atoms. The number of hydrogen-bond donors (Lipinski definition) is 1. The van der Waals surface area contributed by atoms with Gasteiger partial charge in [-0.05, 0) is 37.4 Å². The quantitative estimate of drug-likeness (QED) is 0.867. The Morgan fingerprint density at radius 1 is 1.28 bits per heavy atom. The maximum Gasteiger partial charge on any atom is 0.138 e. The van der Waals surface area contributed by atoms with E-state index in [0.29, 0.717) is 0 Å². The highest BCUT2D eigenvalue weighted by atomic mass is 16.5. The third-order valence-electron chi connectivity index (χ3n) is 2.71. The van der Waals surface area contributed by atoms with Crippen molar-refractivity contribution in [3.05, 3.63) is 24.0 Å². The first-order valence-electron chi connectivity index (χ1n) is 6.69. The fourth-order valence-corrected chi connectivity index (χ4v) is 2.06. The van der Waals surface area contributed by atoms with E-state index in [2.05, 4.69) is 44.1 Å². The Labute approximate surface area is 111 Å². The zero-order valence-electron chi connectivity index (χ0n) is 12.4. The number of rotatable bonds is 5. The summed E-state index contributed by atoms with van der Waals surface area (Å²) in [7, 11) is 0. The molecule has 3 heteroatoms. The van der Waals surface area contributed by atoms with Crippen LogP contribution in [0.1, 0.15) is 53.1 Å². The molecule has 0 spiro atoms. The Hall–Kier alpha value is -1.09. The van der Waals surface area contributed by atoms with Crippen LogP contribution >= 0.6 is 0 Å². The van der Waals surface area contributed by atoms with Crippen LogP contribution in [0.3, 0.4) is 0 Å². The maximum atomic E-state index is 5.71. The van der Waals surface area contributed by atoms with Crippen molar-refractivity contribution >= 4 is 0 Å². The second-order valence-corrected chi connectivity index (χ2v) is 5.98. The predicted octanol–water partition coefficient (Wildman–Crippen LogP) is 3.57. The molecule has 0 aromatic carbocycles. The molecule has 1 atom stereocenters. The standard InChI is InChI=1S/C15H26N2O/c1-7-17-14(15(4,5)6)12-8-13(10-16-9-12)18-11(2)3/h8-11,14,17H,7H2,1-6H3. The van der Waals surface area contributed by atoms with Crippen LogP contribution in [0.25, 0.3) is 0 Å². The lowest BCUT2D eigenvalue weighted by Gasteiger charge is -2.31. The smallest absolute Gasteiger partial charge is 0.138 e. The van der Waals surface area contributed by atoms with E-state index in [4.69, 9.17) is 4.74 Å². The summed E-state index contributed by atoms with van der Waals surface area (Å²) >= 11 is 0. The number of nitrogens with one attached hydrogen (secondary N) is 1. The molecule has 3 nitrogen and oxygen atoms in total.